The van der Waals surface area contributed by atoms with Crippen LogP contribution in [0.1, 0.15) is 30.6 Å². The third-order valence-corrected chi connectivity index (χ3v) is 8.06. The number of piperidine rings is 1. The van der Waals surface area contributed by atoms with E-state index in [2.05, 4.69) is 40.3 Å². The van der Waals surface area contributed by atoms with Crippen molar-refractivity contribution in [3.63, 3.8) is 0 Å². The van der Waals surface area contributed by atoms with Gasteiger partial charge in [-0.15, -0.1) is 0 Å². The summed E-state index contributed by atoms with van der Waals surface area (Å²) in [6, 6.07) is 15.6. The third kappa shape index (κ3) is 5.54. The number of carbonyl (C=O) groups is 1. The average Bonchev–Trinajstić information content (AvgIpc) is 3.26. The quantitative estimate of drug-likeness (QED) is 0.428. The summed E-state index contributed by atoms with van der Waals surface area (Å²) < 4.78 is 34.1. The number of benzene rings is 2. The second-order valence-corrected chi connectivity index (χ2v) is 11.5. The Hall–Kier alpha value is -2.49. The predicted octanol–water partition coefficient (Wildman–Crippen LogP) is 5.07. The molecule has 4 rings (SSSR count). The molecule has 1 aliphatic rings. The largest absolute Gasteiger partial charge is 0.347 e. The zero-order valence-electron chi connectivity index (χ0n) is 18.5. The van der Waals surface area contributed by atoms with Crippen LogP contribution in [-0.2, 0) is 10.0 Å². The first-order valence-corrected chi connectivity index (χ1v) is 13.1. The molecule has 0 aliphatic carbocycles. The average molecular weight is 532 g/mol. The number of hydrogen-bond donors (Lipinski definition) is 1. The number of anilines is 1. The maximum atomic E-state index is 13.2. The van der Waals surface area contributed by atoms with Crippen molar-refractivity contribution in [1.29, 1.82) is 0 Å². The summed E-state index contributed by atoms with van der Waals surface area (Å²) in [7, 11) is -3.65. The number of carbonyl (C=O) groups excluding carboxylic acids is 1. The Balaban J connectivity index is 1.43. The van der Waals surface area contributed by atoms with E-state index in [0.717, 1.165) is 16.5 Å². The Kier molecular flexibility index (Phi) is 7.02. The minimum atomic E-state index is -3.65. The van der Waals surface area contributed by atoms with E-state index in [1.54, 1.807) is 24.3 Å². The molecule has 9 heteroatoms. The second kappa shape index (κ2) is 9.79. The zero-order chi connectivity index (χ0) is 23.6. The summed E-state index contributed by atoms with van der Waals surface area (Å²) in [5.74, 6) is 0.735. The predicted molar refractivity (Wildman–Crippen MR) is 131 cm³/mol. The molecule has 2 unspecified atom stereocenters. The molecule has 0 bridgehead atoms. The molecular weight excluding hydrogens is 506 g/mol. The maximum absolute atomic E-state index is 13.2. The van der Waals surface area contributed by atoms with E-state index in [9.17, 15) is 13.2 Å². The fraction of sp³-hybridized carbons (Fsp3) is 0.333. The van der Waals surface area contributed by atoms with E-state index in [1.807, 2.05) is 24.3 Å². The zero-order valence-corrected chi connectivity index (χ0v) is 20.9. The van der Waals surface area contributed by atoms with Gasteiger partial charge in [0.1, 0.15) is 5.69 Å². The first-order valence-electron chi connectivity index (χ1n) is 10.8. The van der Waals surface area contributed by atoms with Gasteiger partial charge in [-0.2, -0.15) is 4.31 Å². The fourth-order valence-corrected chi connectivity index (χ4v) is 6.16. The summed E-state index contributed by atoms with van der Waals surface area (Å²) in [5, 5.41) is 6.96. The number of halogens is 1. The highest BCUT2D eigenvalue weighted by Gasteiger charge is 2.32. The van der Waals surface area contributed by atoms with Gasteiger partial charge in [0.25, 0.3) is 0 Å². The molecule has 2 atom stereocenters. The number of rotatable bonds is 7. The minimum Gasteiger partial charge on any atom is -0.347 e. The lowest BCUT2D eigenvalue weighted by Gasteiger charge is -2.34. The highest BCUT2D eigenvalue weighted by atomic mass is 79.9. The van der Waals surface area contributed by atoms with Crippen LogP contribution >= 0.6 is 15.9 Å². The van der Waals surface area contributed by atoms with Crippen molar-refractivity contribution in [1.82, 2.24) is 9.46 Å². The molecule has 0 spiro atoms. The minimum absolute atomic E-state index is 0.0454. The smallest absolute Gasteiger partial charge is 0.243 e. The van der Waals surface area contributed by atoms with Crippen LogP contribution in [0.4, 0.5) is 5.88 Å². The molecular formula is C24H26BrN3O4S. The Labute approximate surface area is 202 Å². The number of Topliss-reactive ketones (excluding diaryl/α,β-unsaturated/α-hetero) is 1. The van der Waals surface area contributed by atoms with Crippen LogP contribution < -0.4 is 5.32 Å². The molecule has 2 aromatic carbocycles. The van der Waals surface area contributed by atoms with Crippen LogP contribution in [0.5, 0.6) is 0 Å². The topological polar surface area (TPSA) is 92.5 Å². The summed E-state index contributed by atoms with van der Waals surface area (Å²) in [6.07, 6.45) is 1.02. The monoisotopic (exact) mass is 531 g/mol. The van der Waals surface area contributed by atoms with Crippen LogP contribution in [0, 0.1) is 11.8 Å². The van der Waals surface area contributed by atoms with Crippen molar-refractivity contribution in [2.24, 2.45) is 11.8 Å². The first kappa shape index (κ1) is 23.7. The van der Waals surface area contributed by atoms with Crippen molar-refractivity contribution in [2.45, 2.75) is 25.2 Å². The maximum Gasteiger partial charge on any atom is 0.243 e. The molecule has 1 aliphatic heterocycles. The summed E-state index contributed by atoms with van der Waals surface area (Å²) >= 11 is 3.40. The molecule has 7 nitrogen and oxygen atoms in total. The van der Waals surface area contributed by atoms with Gasteiger partial charge < -0.3 is 9.84 Å². The molecule has 1 N–H and O–H groups in total. The fourth-order valence-electron chi connectivity index (χ4n) is 4.17. The molecule has 174 valence electrons. The number of aromatic nitrogens is 1. The molecule has 1 aromatic heterocycles. The lowest BCUT2D eigenvalue weighted by atomic mass is 9.94. The number of ketones is 1. The van der Waals surface area contributed by atoms with Crippen LogP contribution in [0.2, 0.25) is 0 Å². The van der Waals surface area contributed by atoms with Crippen LogP contribution in [0.3, 0.4) is 0 Å². The van der Waals surface area contributed by atoms with E-state index in [0.29, 0.717) is 42.1 Å². The normalized spacial score (nSPS) is 19.4. The van der Waals surface area contributed by atoms with Gasteiger partial charge in [-0.3, -0.25) is 4.79 Å². The molecule has 1 fully saturated rings. The summed E-state index contributed by atoms with van der Waals surface area (Å²) in [5.41, 5.74) is 1.87. The molecule has 2 heterocycles. The van der Waals surface area contributed by atoms with Gasteiger partial charge in [-0.25, -0.2) is 8.42 Å². The standard InChI is InChI=1S/C24H26BrN3O4S/c1-16-10-17(2)15-28(14-16)33(30,31)21-5-3-4-19(11-21)23(29)13-26-24-12-22(27-32-24)18-6-8-20(25)9-7-18/h3-9,11-12,16-17,26H,10,13-15H2,1-2H3. The molecule has 3 aromatic rings. The molecule has 1 saturated heterocycles. The highest BCUT2D eigenvalue weighted by Crippen LogP contribution is 2.27. The van der Waals surface area contributed by atoms with Gasteiger partial charge in [-0.1, -0.05) is 59.2 Å². The Morgan fingerprint density at radius 3 is 2.52 bits per heavy atom. The third-order valence-electron chi connectivity index (χ3n) is 5.70. The lowest BCUT2D eigenvalue weighted by Crippen LogP contribution is -2.42. The summed E-state index contributed by atoms with van der Waals surface area (Å²) in [6.45, 7) is 5.08. The van der Waals surface area contributed by atoms with Crippen molar-refractivity contribution in [3.05, 3.63) is 64.6 Å². The molecule has 0 radical (unpaired) electrons. The molecule has 0 saturated carbocycles. The van der Waals surface area contributed by atoms with Gasteiger partial charge in [0.2, 0.25) is 15.9 Å². The van der Waals surface area contributed by atoms with Crippen LogP contribution in [-0.4, -0.2) is 43.3 Å². The Morgan fingerprint density at radius 2 is 1.82 bits per heavy atom. The van der Waals surface area contributed by atoms with E-state index in [1.165, 1.54) is 10.4 Å². The second-order valence-electron chi connectivity index (χ2n) is 8.66. The number of sulfonamides is 1. The SMILES string of the molecule is CC1CC(C)CN(S(=O)(=O)c2cccc(C(=O)CNc3cc(-c4ccc(Br)cc4)no3)c2)C1. The van der Waals surface area contributed by atoms with Gasteiger partial charge in [0.15, 0.2) is 5.78 Å². The van der Waals surface area contributed by atoms with E-state index >= 15 is 0 Å². The molecule has 33 heavy (non-hydrogen) atoms. The van der Waals surface area contributed by atoms with Gasteiger partial charge in [0, 0.05) is 34.8 Å². The lowest BCUT2D eigenvalue weighted by molar-refractivity contribution is 0.100. The van der Waals surface area contributed by atoms with Gasteiger partial charge in [0.05, 0.1) is 11.4 Å². The first-order chi connectivity index (χ1) is 15.7. The van der Waals surface area contributed by atoms with Gasteiger partial charge in [-0.05, 0) is 42.5 Å². The molecule has 0 amide bonds. The highest BCUT2D eigenvalue weighted by molar-refractivity contribution is 9.10. The van der Waals surface area contributed by atoms with Crippen LogP contribution in [0.15, 0.2) is 68.5 Å². The van der Waals surface area contributed by atoms with Gasteiger partial charge >= 0.3 is 0 Å². The van der Waals surface area contributed by atoms with Crippen LogP contribution in [0.25, 0.3) is 11.3 Å². The number of hydrogen-bond acceptors (Lipinski definition) is 6. The van der Waals surface area contributed by atoms with E-state index in [4.69, 9.17) is 4.52 Å². The van der Waals surface area contributed by atoms with Crippen molar-refractivity contribution >= 4 is 37.6 Å². The van der Waals surface area contributed by atoms with Crippen molar-refractivity contribution in [3.8, 4) is 11.3 Å². The number of nitrogens with zero attached hydrogens (tertiary/aromatic N) is 2. The summed E-state index contributed by atoms with van der Waals surface area (Å²) in [4.78, 5) is 12.9. The Bertz CT molecular complexity index is 1230. The number of nitrogens with one attached hydrogen (secondary N) is 1. The van der Waals surface area contributed by atoms with E-state index in [-0.39, 0.29) is 17.2 Å². The van der Waals surface area contributed by atoms with Crippen molar-refractivity contribution in [2.75, 3.05) is 25.0 Å². The van der Waals surface area contributed by atoms with E-state index < -0.39 is 10.0 Å². The Morgan fingerprint density at radius 1 is 1.12 bits per heavy atom. The van der Waals surface area contributed by atoms with Crippen molar-refractivity contribution < 1.29 is 17.7 Å².